The Morgan fingerprint density at radius 1 is 1.12 bits per heavy atom. The minimum Gasteiger partial charge on any atom is -0.367 e. The van der Waals surface area contributed by atoms with Crippen molar-refractivity contribution in [2.24, 2.45) is 0 Å². The maximum atomic E-state index is 12.1. The third-order valence-corrected chi connectivity index (χ3v) is 4.82. The van der Waals surface area contributed by atoms with Crippen LogP contribution in [0.3, 0.4) is 0 Å². The highest BCUT2D eigenvalue weighted by Gasteiger charge is 2.11. The van der Waals surface area contributed by atoms with E-state index < -0.39 is 11.0 Å². The Morgan fingerprint density at radius 3 is 2.48 bits per heavy atom. The number of rotatable bonds is 6. The monoisotopic (exact) mass is 358 g/mol. The van der Waals surface area contributed by atoms with Crippen molar-refractivity contribution in [3.63, 3.8) is 0 Å². The van der Waals surface area contributed by atoms with E-state index in [0.717, 1.165) is 27.4 Å². The first-order valence-corrected chi connectivity index (χ1v) is 9.12. The van der Waals surface area contributed by atoms with Crippen LogP contribution in [0.4, 0.5) is 17.5 Å². The summed E-state index contributed by atoms with van der Waals surface area (Å²) in [6.07, 6.45) is 1.85. The summed E-state index contributed by atoms with van der Waals surface area (Å²) in [4.78, 5) is 12.9. The Balaban J connectivity index is 1.86. The van der Waals surface area contributed by atoms with Crippen LogP contribution in [-0.4, -0.2) is 43.6 Å². The van der Waals surface area contributed by atoms with Gasteiger partial charge in [0, 0.05) is 17.9 Å². The van der Waals surface area contributed by atoms with Gasteiger partial charge in [-0.3, -0.25) is 0 Å². The van der Waals surface area contributed by atoms with Gasteiger partial charge in [-0.1, -0.05) is 0 Å². The van der Waals surface area contributed by atoms with Gasteiger partial charge >= 0.3 is 0 Å². The summed E-state index contributed by atoms with van der Waals surface area (Å²) in [5.41, 5.74) is 1.60. The minimum absolute atomic E-state index is 0.265. The van der Waals surface area contributed by atoms with Gasteiger partial charge in [-0.25, -0.2) is 8.51 Å². The van der Waals surface area contributed by atoms with Crippen molar-refractivity contribution < 1.29 is 4.21 Å². The summed E-state index contributed by atoms with van der Waals surface area (Å²) in [5.74, 6) is 1.29. The topological polar surface area (TPSA) is 85.9 Å². The lowest BCUT2D eigenvalue weighted by Crippen LogP contribution is -2.15. The second kappa shape index (κ2) is 7.20. The van der Waals surface area contributed by atoms with Gasteiger partial charge in [0.25, 0.3) is 0 Å². The molecule has 0 aliphatic rings. The van der Waals surface area contributed by atoms with Crippen LogP contribution >= 0.6 is 0 Å². The summed E-state index contributed by atoms with van der Waals surface area (Å²) in [6, 6.07) is 9.62. The quantitative estimate of drug-likeness (QED) is 0.630. The summed E-state index contributed by atoms with van der Waals surface area (Å²) < 4.78 is 13.7. The molecule has 1 unspecified atom stereocenters. The normalized spacial score (nSPS) is 12.7. The molecule has 0 aliphatic heterocycles. The largest absolute Gasteiger partial charge is 0.367 e. The lowest BCUT2D eigenvalue weighted by Gasteiger charge is -2.13. The van der Waals surface area contributed by atoms with Crippen LogP contribution in [0, 0.1) is 0 Å². The first-order chi connectivity index (χ1) is 11.9. The Kier molecular flexibility index (Phi) is 5.00. The highest BCUT2D eigenvalue weighted by molar-refractivity contribution is 7.82. The second-order valence-electron chi connectivity index (χ2n) is 6.15. The molecular formula is C17H22N6OS. The van der Waals surface area contributed by atoms with Gasteiger partial charge in [-0.05, 0) is 58.3 Å². The van der Waals surface area contributed by atoms with Crippen LogP contribution in [0.25, 0.3) is 11.0 Å². The molecule has 0 saturated carbocycles. The molecule has 132 valence electrons. The van der Waals surface area contributed by atoms with Crippen LogP contribution in [0.1, 0.15) is 13.8 Å². The lowest BCUT2D eigenvalue weighted by molar-refractivity contribution is 0.603. The van der Waals surface area contributed by atoms with Gasteiger partial charge in [-0.15, -0.1) is 0 Å². The Morgan fingerprint density at radius 2 is 1.84 bits per heavy atom. The van der Waals surface area contributed by atoms with Crippen molar-refractivity contribution in [2.45, 2.75) is 24.8 Å². The first kappa shape index (κ1) is 17.4. The molecule has 0 aliphatic carbocycles. The van der Waals surface area contributed by atoms with Gasteiger partial charge in [0.15, 0.2) is 0 Å². The molecule has 1 aromatic carbocycles. The fourth-order valence-corrected chi connectivity index (χ4v) is 3.17. The molecule has 3 rings (SSSR count). The molecule has 0 bridgehead atoms. The van der Waals surface area contributed by atoms with E-state index in [1.165, 1.54) is 0 Å². The highest BCUT2D eigenvalue weighted by Crippen LogP contribution is 2.24. The van der Waals surface area contributed by atoms with E-state index in [0.29, 0.717) is 5.95 Å². The molecule has 3 N–H and O–H groups in total. The first-order valence-electron chi connectivity index (χ1n) is 8.02. The molecule has 2 heterocycles. The average molecular weight is 358 g/mol. The molecule has 0 saturated heterocycles. The van der Waals surface area contributed by atoms with Crippen LogP contribution in [0.2, 0.25) is 0 Å². The molecule has 3 aromatic rings. The number of aromatic nitrogens is 3. The minimum atomic E-state index is -1.15. The van der Waals surface area contributed by atoms with Gasteiger partial charge in [-0.2, -0.15) is 9.97 Å². The summed E-state index contributed by atoms with van der Waals surface area (Å²) >= 11 is 0. The predicted octanol–water partition coefficient (Wildman–Crippen LogP) is 3.11. The number of fused-ring (bicyclic) bond motifs is 1. The van der Waals surface area contributed by atoms with Crippen molar-refractivity contribution in [3.8, 4) is 0 Å². The third kappa shape index (κ3) is 3.97. The highest BCUT2D eigenvalue weighted by atomic mass is 32.2. The molecule has 2 aromatic heterocycles. The fourth-order valence-electron chi connectivity index (χ4n) is 2.38. The van der Waals surface area contributed by atoms with E-state index in [2.05, 4.69) is 39.4 Å². The van der Waals surface area contributed by atoms with Crippen molar-refractivity contribution >= 4 is 39.5 Å². The molecule has 0 spiro atoms. The summed E-state index contributed by atoms with van der Waals surface area (Å²) in [7, 11) is 2.41. The number of nitrogens with zero attached hydrogens (tertiary/aromatic N) is 3. The Bertz CT molecular complexity index is 888. The van der Waals surface area contributed by atoms with Crippen LogP contribution in [-0.2, 0) is 11.0 Å². The second-order valence-corrected chi connectivity index (χ2v) is 7.85. The van der Waals surface area contributed by atoms with Crippen LogP contribution in [0.15, 0.2) is 41.4 Å². The number of hydrogen-bond donors (Lipinski definition) is 3. The Hall–Kier alpha value is -2.45. The molecule has 8 heteroatoms. The number of aromatic amines is 1. The zero-order valence-corrected chi connectivity index (χ0v) is 15.5. The molecule has 7 nitrogen and oxygen atoms in total. The zero-order chi connectivity index (χ0) is 18.0. The zero-order valence-electron chi connectivity index (χ0n) is 14.7. The molecular weight excluding hydrogens is 336 g/mol. The smallest absolute Gasteiger partial charge is 0.231 e. The van der Waals surface area contributed by atoms with Crippen molar-refractivity contribution in [1.82, 2.24) is 19.3 Å². The molecule has 0 amide bonds. The van der Waals surface area contributed by atoms with Gasteiger partial charge < -0.3 is 15.6 Å². The van der Waals surface area contributed by atoms with Crippen molar-refractivity contribution in [3.05, 3.63) is 36.5 Å². The van der Waals surface area contributed by atoms with E-state index in [1.54, 1.807) is 18.4 Å². The van der Waals surface area contributed by atoms with E-state index >= 15 is 0 Å². The number of hydrogen-bond acceptors (Lipinski definition) is 5. The average Bonchev–Trinajstić information content (AvgIpc) is 3.03. The maximum absolute atomic E-state index is 12.1. The van der Waals surface area contributed by atoms with Crippen molar-refractivity contribution in [2.75, 3.05) is 24.7 Å². The molecule has 1 atom stereocenters. The third-order valence-electron chi connectivity index (χ3n) is 3.48. The maximum Gasteiger partial charge on any atom is 0.231 e. The van der Waals surface area contributed by atoms with E-state index in [9.17, 15) is 4.21 Å². The van der Waals surface area contributed by atoms with Gasteiger partial charge in [0.05, 0.1) is 10.3 Å². The van der Waals surface area contributed by atoms with E-state index in [1.807, 2.05) is 36.5 Å². The van der Waals surface area contributed by atoms with Crippen LogP contribution < -0.4 is 10.6 Å². The summed E-state index contributed by atoms with van der Waals surface area (Å²) in [5, 5.41) is 7.49. The standard InChI is InChI=1S/C17H22N6OS/c1-11(2)19-16-14-9-10-18-15(14)21-17(22-16)20-12-5-7-13(8-6-12)25(24)23(3)4/h5-11H,1-4H3,(H3,18,19,20,21,22). The summed E-state index contributed by atoms with van der Waals surface area (Å²) in [6.45, 7) is 4.13. The lowest BCUT2D eigenvalue weighted by atomic mass is 10.3. The van der Waals surface area contributed by atoms with Gasteiger partial charge in [0.2, 0.25) is 5.95 Å². The Labute approximate surface area is 149 Å². The number of nitrogens with one attached hydrogen (secondary N) is 3. The van der Waals surface area contributed by atoms with Gasteiger partial charge in [0.1, 0.15) is 22.5 Å². The molecule has 0 fully saturated rings. The molecule has 25 heavy (non-hydrogen) atoms. The molecule has 0 radical (unpaired) electrons. The fraction of sp³-hybridized carbons (Fsp3) is 0.294. The van der Waals surface area contributed by atoms with E-state index in [-0.39, 0.29) is 6.04 Å². The van der Waals surface area contributed by atoms with E-state index in [4.69, 9.17) is 0 Å². The number of anilines is 3. The van der Waals surface area contributed by atoms with Crippen LogP contribution in [0.5, 0.6) is 0 Å². The predicted molar refractivity (Wildman–Crippen MR) is 102 cm³/mol. The van der Waals surface area contributed by atoms with Crippen molar-refractivity contribution in [1.29, 1.82) is 0 Å². The SMILES string of the molecule is CC(C)Nc1nc(Nc2ccc(S(=O)N(C)C)cc2)nc2[nH]ccc12. The number of benzene rings is 1. The number of H-pyrrole nitrogens is 1.